The third-order valence-corrected chi connectivity index (χ3v) is 2.46. The summed E-state index contributed by atoms with van der Waals surface area (Å²) >= 11 is 0. The number of rotatable bonds is 2. The van der Waals surface area contributed by atoms with Crippen LogP contribution >= 0.6 is 0 Å². The third kappa shape index (κ3) is 2.19. The molecule has 0 atom stereocenters. The molecule has 1 aromatic heterocycles. The zero-order chi connectivity index (χ0) is 12.4. The number of aryl methyl sites for hydroxylation is 2. The van der Waals surface area contributed by atoms with Crippen LogP contribution in [0.25, 0.3) is 5.69 Å². The summed E-state index contributed by atoms with van der Waals surface area (Å²) in [6.45, 7) is 3.98. The molecule has 0 amide bonds. The minimum Gasteiger partial charge on any atom is -0.304 e. The van der Waals surface area contributed by atoms with Gasteiger partial charge in [-0.05, 0) is 37.1 Å². The molecule has 0 fully saturated rings. The Morgan fingerprint density at radius 3 is 2.47 bits per heavy atom. The maximum atomic E-state index is 12.0. The predicted octanol–water partition coefficient (Wildman–Crippen LogP) is 1.13. The first-order valence-electron chi connectivity index (χ1n) is 5.25. The Bertz CT molecular complexity index is 583. The van der Waals surface area contributed by atoms with Crippen LogP contribution in [0, 0.1) is 13.8 Å². The fourth-order valence-corrected chi connectivity index (χ4v) is 1.80. The maximum absolute atomic E-state index is 12.0. The molecule has 0 aliphatic heterocycles. The highest BCUT2D eigenvalue weighted by Crippen LogP contribution is 2.12. The fourth-order valence-electron chi connectivity index (χ4n) is 1.80. The summed E-state index contributed by atoms with van der Waals surface area (Å²) in [5.74, 6) is 5.36. The van der Waals surface area contributed by atoms with Gasteiger partial charge in [-0.15, -0.1) is 0 Å². The SMILES string of the molecule is Cc1cc(C)cc(-n2ccnc(NN)c2=O)c1. The van der Waals surface area contributed by atoms with E-state index in [2.05, 4.69) is 16.5 Å². The standard InChI is InChI=1S/C12H14N4O/c1-8-5-9(2)7-10(6-8)16-4-3-14-11(15-13)12(16)17/h3-7H,13H2,1-2H3,(H,14,15). The summed E-state index contributed by atoms with van der Waals surface area (Å²) < 4.78 is 1.52. The number of hydrogen-bond donors (Lipinski definition) is 2. The van der Waals surface area contributed by atoms with Gasteiger partial charge in [0.15, 0.2) is 0 Å². The average Bonchev–Trinajstić information content (AvgIpc) is 2.28. The molecule has 3 N–H and O–H groups in total. The van der Waals surface area contributed by atoms with Crippen LogP contribution in [-0.2, 0) is 0 Å². The molecule has 1 aromatic carbocycles. The smallest absolute Gasteiger partial charge is 0.299 e. The van der Waals surface area contributed by atoms with Crippen LogP contribution in [0.5, 0.6) is 0 Å². The summed E-state index contributed by atoms with van der Waals surface area (Å²) in [5.41, 5.74) is 5.04. The highest BCUT2D eigenvalue weighted by molar-refractivity contribution is 5.42. The van der Waals surface area contributed by atoms with Crippen LogP contribution in [0.2, 0.25) is 0 Å². The van der Waals surface area contributed by atoms with Crippen LogP contribution < -0.4 is 16.8 Å². The first-order chi connectivity index (χ1) is 8.11. The van der Waals surface area contributed by atoms with Gasteiger partial charge in [0, 0.05) is 18.1 Å². The zero-order valence-electron chi connectivity index (χ0n) is 9.77. The molecule has 0 saturated carbocycles. The van der Waals surface area contributed by atoms with E-state index in [4.69, 9.17) is 5.84 Å². The van der Waals surface area contributed by atoms with Crippen LogP contribution in [0.15, 0.2) is 35.4 Å². The summed E-state index contributed by atoms with van der Waals surface area (Å²) in [6, 6.07) is 5.93. The van der Waals surface area contributed by atoms with E-state index in [1.54, 1.807) is 6.20 Å². The second-order valence-corrected chi connectivity index (χ2v) is 3.94. The van der Waals surface area contributed by atoms with Gasteiger partial charge in [0.25, 0.3) is 5.56 Å². The Morgan fingerprint density at radius 2 is 1.88 bits per heavy atom. The number of hydrogen-bond acceptors (Lipinski definition) is 4. The molecule has 5 nitrogen and oxygen atoms in total. The van der Waals surface area contributed by atoms with Gasteiger partial charge < -0.3 is 5.43 Å². The second kappa shape index (κ2) is 4.39. The quantitative estimate of drug-likeness (QED) is 0.599. The van der Waals surface area contributed by atoms with E-state index in [-0.39, 0.29) is 11.4 Å². The van der Waals surface area contributed by atoms with Gasteiger partial charge >= 0.3 is 0 Å². The Morgan fingerprint density at radius 1 is 1.24 bits per heavy atom. The number of benzene rings is 1. The van der Waals surface area contributed by atoms with E-state index in [1.807, 2.05) is 26.0 Å². The summed E-state index contributed by atoms with van der Waals surface area (Å²) in [7, 11) is 0. The first-order valence-corrected chi connectivity index (χ1v) is 5.25. The van der Waals surface area contributed by atoms with E-state index in [0.717, 1.165) is 16.8 Å². The minimum atomic E-state index is -0.264. The number of nitrogen functional groups attached to an aromatic ring is 1. The number of nitrogens with zero attached hydrogens (tertiary/aromatic N) is 2. The highest BCUT2D eigenvalue weighted by atomic mass is 16.1. The van der Waals surface area contributed by atoms with Crippen molar-refractivity contribution in [2.24, 2.45) is 5.84 Å². The molecular weight excluding hydrogens is 216 g/mol. The largest absolute Gasteiger partial charge is 0.304 e. The van der Waals surface area contributed by atoms with Crippen molar-refractivity contribution in [3.05, 3.63) is 52.1 Å². The molecule has 17 heavy (non-hydrogen) atoms. The van der Waals surface area contributed by atoms with E-state index in [0.29, 0.717) is 0 Å². The molecule has 2 rings (SSSR count). The second-order valence-electron chi connectivity index (χ2n) is 3.94. The monoisotopic (exact) mass is 230 g/mol. The lowest BCUT2D eigenvalue weighted by Gasteiger charge is -2.09. The van der Waals surface area contributed by atoms with Gasteiger partial charge in [-0.3, -0.25) is 9.36 Å². The molecule has 1 heterocycles. The Labute approximate surface area is 98.9 Å². The van der Waals surface area contributed by atoms with Crippen molar-refractivity contribution in [2.75, 3.05) is 5.43 Å². The summed E-state index contributed by atoms with van der Waals surface area (Å²) in [6.07, 6.45) is 3.16. The molecule has 0 unspecified atom stereocenters. The molecule has 0 spiro atoms. The van der Waals surface area contributed by atoms with Gasteiger partial charge in [-0.25, -0.2) is 10.8 Å². The number of nitrogens with one attached hydrogen (secondary N) is 1. The Kier molecular flexibility index (Phi) is 2.93. The van der Waals surface area contributed by atoms with Crippen molar-refractivity contribution < 1.29 is 0 Å². The van der Waals surface area contributed by atoms with Crippen molar-refractivity contribution >= 4 is 5.82 Å². The van der Waals surface area contributed by atoms with E-state index < -0.39 is 0 Å². The van der Waals surface area contributed by atoms with Crippen LogP contribution in [0.4, 0.5) is 5.82 Å². The Hall–Kier alpha value is -2.14. The number of aromatic nitrogens is 2. The van der Waals surface area contributed by atoms with Crippen molar-refractivity contribution in [1.29, 1.82) is 0 Å². The lowest BCUT2D eigenvalue weighted by molar-refractivity contribution is 0.949. The van der Waals surface area contributed by atoms with Crippen LogP contribution in [0.3, 0.4) is 0 Å². The third-order valence-electron chi connectivity index (χ3n) is 2.46. The number of hydrazine groups is 1. The van der Waals surface area contributed by atoms with Crippen molar-refractivity contribution in [2.45, 2.75) is 13.8 Å². The lowest BCUT2D eigenvalue weighted by Crippen LogP contribution is -2.25. The maximum Gasteiger partial charge on any atom is 0.299 e. The minimum absolute atomic E-state index is 0.131. The molecule has 2 aromatic rings. The first kappa shape index (κ1) is 11.3. The average molecular weight is 230 g/mol. The van der Waals surface area contributed by atoms with Crippen LogP contribution in [0.1, 0.15) is 11.1 Å². The van der Waals surface area contributed by atoms with Gasteiger partial charge in [0.1, 0.15) is 0 Å². The number of anilines is 1. The van der Waals surface area contributed by atoms with Crippen molar-refractivity contribution in [3.8, 4) is 5.69 Å². The fraction of sp³-hybridized carbons (Fsp3) is 0.167. The number of nitrogens with two attached hydrogens (primary N) is 1. The van der Waals surface area contributed by atoms with Gasteiger partial charge in [0.05, 0.1) is 0 Å². The van der Waals surface area contributed by atoms with Gasteiger partial charge in [0.2, 0.25) is 5.82 Å². The van der Waals surface area contributed by atoms with E-state index in [9.17, 15) is 4.79 Å². The van der Waals surface area contributed by atoms with Crippen molar-refractivity contribution in [3.63, 3.8) is 0 Å². The lowest BCUT2D eigenvalue weighted by atomic mass is 10.1. The van der Waals surface area contributed by atoms with Crippen LogP contribution in [-0.4, -0.2) is 9.55 Å². The molecule has 0 aliphatic rings. The Balaban J connectivity index is 2.64. The van der Waals surface area contributed by atoms with Gasteiger partial charge in [-0.2, -0.15) is 0 Å². The molecule has 88 valence electrons. The van der Waals surface area contributed by atoms with Crippen molar-refractivity contribution in [1.82, 2.24) is 9.55 Å². The molecule has 5 heteroatoms. The van der Waals surface area contributed by atoms with Gasteiger partial charge in [-0.1, -0.05) is 6.07 Å². The topological polar surface area (TPSA) is 72.9 Å². The summed E-state index contributed by atoms with van der Waals surface area (Å²) in [4.78, 5) is 15.8. The van der Waals surface area contributed by atoms with E-state index >= 15 is 0 Å². The van der Waals surface area contributed by atoms with E-state index in [1.165, 1.54) is 10.8 Å². The predicted molar refractivity (Wildman–Crippen MR) is 67.1 cm³/mol. The molecule has 0 saturated heterocycles. The molecule has 0 aliphatic carbocycles. The zero-order valence-corrected chi connectivity index (χ0v) is 9.77. The summed E-state index contributed by atoms with van der Waals surface area (Å²) in [5, 5.41) is 0. The highest BCUT2D eigenvalue weighted by Gasteiger charge is 2.05. The normalized spacial score (nSPS) is 10.3. The molecular formula is C12H14N4O. The molecule has 0 bridgehead atoms. The molecule has 0 radical (unpaired) electrons.